The molecule has 0 radical (unpaired) electrons. The highest BCUT2D eigenvalue weighted by Crippen LogP contribution is 2.26. The fourth-order valence-corrected chi connectivity index (χ4v) is 3.05. The van der Waals surface area contributed by atoms with Crippen LogP contribution in [-0.2, 0) is 20.1 Å². The zero-order valence-electron chi connectivity index (χ0n) is 17.4. The van der Waals surface area contributed by atoms with E-state index < -0.39 is 0 Å². The molecule has 2 aromatic heterocycles. The first-order chi connectivity index (χ1) is 14.1. The molecule has 0 fully saturated rings. The van der Waals surface area contributed by atoms with Gasteiger partial charge in [0.25, 0.3) is 0 Å². The summed E-state index contributed by atoms with van der Waals surface area (Å²) in [5.41, 5.74) is 2.97. The van der Waals surface area contributed by atoms with Gasteiger partial charge in [-0.3, -0.25) is 0 Å². The standard InChI is InChI=1S/C22H28N4O3/c1-5-13-28-18-8-10-19(11-9-18)29-21-17(7-6-12-24-21)14-23-15-20-16(2)25-26(3)22(20)27-4/h6-12,23H,5,13-15H2,1-4H3. The number of aryl methyl sites for hydroxylation is 2. The molecule has 1 N–H and O–H groups in total. The van der Waals surface area contributed by atoms with Crippen molar-refractivity contribution in [1.29, 1.82) is 0 Å². The van der Waals surface area contributed by atoms with Gasteiger partial charge in [0.05, 0.1) is 25.0 Å². The van der Waals surface area contributed by atoms with Gasteiger partial charge >= 0.3 is 0 Å². The Labute approximate surface area is 171 Å². The maximum absolute atomic E-state index is 6.00. The van der Waals surface area contributed by atoms with Crippen LogP contribution >= 0.6 is 0 Å². The molecule has 3 rings (SSSR count). The lowest BCUT2D eigenvalue weighted by atomic mass is 10.2. The molecule has 2 heterocycles. The van der Waals surface area contributed by atoms with Gasteiger partial charge in [0.1, 0.15) is 11.5 Å². The maximum Gasteiger partial charge on any atom is 0.223 e. The summed E-state index contributed by atoms with van der Waals surface area (Å²) in [4.78, 5) is 4.39. The van der Waals surface area contributed by atoms with Gasteiger partial charge in [-0.15, -0.1) is 0 Å². The minimum Gasteiger partial charge on any atom is -0.494 e. The van der Waals surface area contributed by atoms with Crippen LogP contribution in [0.2, 0.25) is 0 Å². The molecule has 7 heteroatoms. The van der Waals surface area contributed by atoms with Gasteiger partial charge in [-0.05, 0) is 43.7 Å². The number of ether oxygens (including phenoxy) is 3. The van der Waals surface area contributed by atoms with Crippen LogP contribution in [0.5, 0.6) is 23.3 Å². The summed E-state index contributed by atoms with van der Waals surface area (Å²) in [6.07, 6.45) is 2.71. The van der Waals surface area contributed by atoms with Crippen molar-refractivity contribution in [1.82, 2.24) is 20.1 Å². The number of pyridine rings is 1. The second-order valence-corrected chi connectivity index (χ2v) is 6.69. The molecular weight excluding hydrogens is 368 g/mol. The lowest BCUT2D eigenvalue weighted by Crippen LogP contribution is -2.14. The predicted octanol–water partition coefficient (Wildman–Crippen LogP) is 4.00. The minimum atomic E-state index is 0.581. The average Bonchev–Trinajstić information content (AvgIpc) is 3.01. The first kappa shape index (κ1) is 20.7. The van der Waals surface area contributed by atoms with Crippen LogP contribution in [0.4, 0.5) is 0 Å². The molecule has 0 saturated heterocycles. The Bertz CT molecular complexity index is 922. The number of nitrogens with one attached hydrogen (secondary N) is 1. The average molecular weight is 396 g/mol. The van der Waals surface area contributed by atoms with Crippen molar-refractivity contribution in [3.05, 3.63) is 59.4 Å². The van der Waals surface area contributed by atoms with Gasteiger partial charge in [-0.25, -0.2) is 9.67 Å². The van der Waals surface area contributed by atoms with E-state index in [1.54, 1.807) is 18.0 Å². The molecular formula is C22H28N4O3. The van der Waals surface area contributed by atoms with Crippen LogP contribution in [0.1, 0.15) is 30.2 Å². The third-order valence-corrected chi connectivity index (χ3v) is 4.46. The van der Waals surface area contributed by atoms with Crippen LogP contribution in [0.25, 0.3) is 0 Å². The van der Waals surface area contributed by atoms with E-state index in [0.717, 1.165) is 40.6 Å². The van der Waals surface area contributed by atoms with Crippen molar-refractivity contribution in [3.63, 3.8) is 0 Å². The Morgan fingerprint density at radius 3 is 2.55 bits per heavy atom. The number of benzene rings is 1. The lowest BCUT2D eigenvalue weighted by Gasteiger charge is -2.12. The van der Waals surface area contributed by atoms with E-state index in [9.17, 15) is 0 Å². The third kappa shape index (κ3) is 5.26. The second-order valence-electron chi connectivity index (χ2n) is 6.69. The first-order valence-corrected chi connectivity index (χ1v) is 9.74. The molecule has 3 aromatic rings. The Morgan fingerprint density at radius 1 is 1.07 bits per heavy atom. The highest BCUT2D eigenvalue weighted by molar-refractivity contribution is 5.36. The van der Waals surface area contributed by atoms with Crippen molar-refractivity contribution in [2.24, 2.45) is 7.05 Å². The lowest BCUT2D eigenvalue weighted by molar-refractivity contribution is 0.317. The fraction of sp³-hybridized carbons (Fsp3) is 0.364. The quantitative estimate of drug-likeness (QED) is 0.558. The van der Waals surface area contributed by atoms with Gasteiger partial charge in [0.15, 0.2) is 0 Å². The largest absolute Gasteiger partial charge is 0.494 e. The van der Waals surface area contributed by atoms with Crippen molar-refractivity contribution in [3.8, 4) is 23.3 Å². The zero-order valence-corrected chi connectivity index (χ0v) is 17.4. The molecule has 154 valence electrons. The highest BCUT2D eigenvalue weighted by Gasteiger charge is 2.14. The molecule has 0 aliphatic heterocycles. The van der Waals surface area contributed by atoms with Crippen LogP contribution in [0.3, 0.4) is 0 Å². The van der Waals surface area contributed by atoms with Crippen molar-refractivity contribution < 1.29 is 14.2 Å². The summed E-state index contributed by atoms with van der Waals surface area (Å²) in [6.45, 7) is 6.02. The fourth-order valence-electron chi connectivity index (χ4n) is 3.05. The Hall–Kier alpha value is -3.06. The first-order valence-electron chi connectivity index (χ1n) is 9.74. The normalized spacial score (nSPS) is 10.8. The van der Waals surface area contributed by atoms with Gasteiger partial charge < -0.3 is 19.5 Å². The molecule has 0 amide bonds. The van der Waals surface area contributed by atoms with E-state index in [2.05, 4.69) is 22.3 Å². The monoisotopic (exact) mass is 396 g/mol. The third-order valence-electron chi connectivity index (χ3n) is 4.46. The van der Waals surface area contributed by atoms with Crippen LogP contribution in [0, 0.1) is 6.92 Å². The number of methoxy groups -OCH3 is 1. The van der Waals surface area contributed by atoms with E-state index >= 15 is 0 Å². The molecule has 7 nitrogen and oxygen atoms in total. The molecule has 29 heavy (non-hydrogen) atoms. The van der Waals surface area contributed by atoms with E-state index in [-0.39, 0.29) is 0 Å². The van der Waals surface area contributed by atoms with Crippen LogP contribution in [-0.4, -0.2) is 28.5 Å². The van der Waals surface area contributed by atoms with Crippen molar-refractivity contribution in [2.75, 3.05) is 13.7 Å². The molecule has 0 atom stereocenters. The number of rotatable bonds is 10. The predicted molar refractivity (Wildman–Crippen MR) is 112 cm³/mol. The molecule has 0 unspecified atom stereocenters. The summed E-state index contributed by atoms with van der Waals surface area (Å²) < 4.78 is 18.8. The van der Waals surface area contributed by atoms with E-state index in [0.29, 0.717) is 25.6 Å². The number of hydrogen-bond donors (Lipinski definition) is 1. The minimum absolute atomic E-state index is 0.581. The SMILES string of the molecule is CCCOc1ccc(Oc2ncccc2CNCc2c(C)nn(C)c2OC)cc1. The molecule has 0 aliphatic carbocycles. The number of hydrogen-bond acceptors (Lipinski definition) is 6. The highest BCUT2D eigenvalue weighted by atomic mass is 16.5. The summed E-state index contributed by atoms with van der Waals surface area (Å²) in [5, 5.41) is 7.84. The maximum atomic E-state index is 6.00. The van der Waals surface area contributed by atoms with Gasteiger partial charge in [-0.2, -0.15) is 5.10 Å². The Balaban J connectivity index is 1.63. The molecule has 1 aromatic carbocycles. The van der Waals surface area contributed by atoms with Crippen molar-refractivity contribution in [2.45, 2.75) is 33.4 Å². The smallest absolute Gasteiger partial charge is 0.223 e. The van der Waals surface area contributed by atoms with E-state index in [4.69, 9.17) is 14.2 Å². The Morgan fingerprint density at radius 2 is 1.83 bits per heavy atom. The van der Waals surface area contributed by atoms with E-state index in [1.165, 1.54) is 0 Å². The number of aromatic nitrogens is 3. The van der Waals surface area contributed by atoms with Crippen LogP contribution in [0.15, 0.2) is 42.6 Å². The van der Waals surface area contributed by atoms with Crippen molar-refractivity contribution >= 4 is 0 Å². The molecule has 0 bridgehead atoms. The number of nitrogens with zero attached hydrogens (tertiary/aromatic N) is 3. The molecule has 0 saturated carbocycles. The van der Waals surface area contributed by atoms with Crippen LogP contribution < -0.4 is 19.5 Å². The topological polar surface area (TPSA) is 70.4 Å². The second kappa shape index (κ2) is 9.93. The molecule has 0 aliphatic rings. The van der Waals surface area contributed by atoms with E-state index in [1.807, 2.05) is 50.4 Å². The summed E-state index contributed by atoms with van der Waals surface area (Å²) in [5.74, 6) is 2.90. The van der Waals surface area contributed by atoms with Gasteiger partial charge in [0, 0.05) is 31.9 Å². The zero-order chi connectivity index (χ0) is 20.6. The summed E-state index contributed by atoms with van der Waals surface area (Å²) in [7, 11) is 3.53. The summed E-state index contributed by atoms with van der Waals surface area (Å²) in [6, 6.07) is 11.5. The molecule has 0 spiro atoms. The van der Waals surface area contributed by atoms with Gasteiger partial charge in [-0.1, -0.05) is 13.0 Å². The Kier molecular flexibility index (Phi) is 7.08. The summed E-state index contributed by atoms with van der Waals surface area (Å²) >= 11 is 0. The van der Waals surface area contributed by atoms with Gasteiger partial charge in [0.2, 0.25) is 11.8 Å².